The number of nitrogens with one attached hydrogen (secondary N) is 1. The number of aliphatic carboxylic acids is 1. The average Bonchev–Trinajstić information content (AvgIpc) is 3.07. The summed E-state index contributed by atoms with van der Waals surface area (Å²) in [6.07, 6.45) is 1.20. The predicted octanol–water partition coefficient (Wildman–Crippen LogP) is 1.23. The normalized spacial score (nSPS) is 13.8. The first kappa shape index (κ1) is 18.6. The van der Waals surface area contributed by atoms with Crippen LogP contribution in [-0.4, -0.2) is 62.9 Å². The van der Waals surface area contributed by atoms with Crippen molar-refractivity contribution in [1.82, 2.24) is 9.88 Å². The van der Waals surface area contributed by atoms with Crippen molar-refractivity contribution >= 4 is 27.3 Å². The Labute approximate surface area is 144 Å². The molecule has 1 atom stereocenters. The lowest BCUT2D eigenvalue weighted by atomic mass is 10.2. The number of nitrogens with zero attached hydrogens (tertiary/aromatic N) is 2. The smallest absolute Gasteiger partial charge is 0.305 e. The van der Waals surface area contributed by atoms with Crippen molar-refractivity contribution in [2.24, 2.45) is 0 Å². The fourth-order valence-electron chi connectivity index (χ4n) is 2.23. The second-order valence-electron chi connectivity index (χ2n) is 6.38. The van der Waals surface area contributed by atoms with Crippen LogP contribution in [0, 0.1) is 0 Å². The number of hydrogen-bond donors (Lipinski definition) is 2. The topological polar surface area (TPSA) is 110 Å². The third-order valence-corrected chi connectivity index (χ3v) is 6.15. The highest BCUT2D eigenvalue weighted by molar-refractivity contribution is 7.91. The molecule has 2 rings (SSSR count). The molecule has 0 saturated heterocycles. The van der Waals surface area contributed by atoms with Gasteiger partial charge in [-0.15, -0.1) is 11.3 Å². The summed E-state index contributed by atoms with van der Waals surface area (Å²) in [6.45, 7) is 0.353. The maximum absolute atomic E-state index is 12.5. The SMILES string of the molecule is C[N+](C)(C)C[C@@H](CC(=O)O)NS(=O)(=O)c1ccc(-c2ccno2)s1. The van der Waals surface area contributed by atoms with Gasteiger partial charge in [0.15, 0.2) is 5.76 Å². The Hall–Kier alpha value is -1.75. The first-order chi connectivity index (χ1) is 11.1. The molecule has 0 fully saturated rings. The summed E-state index contributed by atoms with van der Waals surface area (Å²) in [5.74, 6) is -0.570. The number of hydrogen-bond acceptors (Lipinski definition) is 6. The molecule has 8 nitrogen and oxygen atoms in total. The van der Waals surface area contributed by atoms with E-state index in [0.29, 0.717) is 21.7 Å². The van der Waals surface area contributed by atoms with Crippen molar-refractivity contribution in [3.63, 3.8) is 0 Å². The van der Waals surface area contributed by atoms with E-state index in [1.807, 2.05) is 21.1 Å². The van der Waals surface area contributed by atoms with E-state index in [1.54, 1.807) is 12.1 Å². The van der Waals surface area contributed by atoms with Crippen molar-refractivity contribution in [2.75, 3.05) is 27.7 Å². The zero-order valence-corrected chi connectivity index (χ0v) is 15.2. The summed E-state index contributed by atoms with van der Waals surface area (Å²) in [6, 6.07) is 4.03. The molecule has 2 N–H and O–H groups in total. The van der Waals surface area contributed by atoms with Crippen molar-refractivity contribution < 1.29 is 27.3 Å². The van der Waals surface area contributed by atoms with E-state index < -0.39 is 22.0 Å². The quantitative estimate of drug-likeness (QED) is 0.673. The lowest BCUT2D eigenvalue weighted by Gasteiger charge is -2.28. The van der Waals surface area contributed by atoms with Crippen LogP contribution in [0.1, 0.15) is 6.42 Å². The number of carboxylic acids is 1. The molecule has 0 aromatic carbocycles. The second kappa shape index (κ2) is 7.01. The standard InChI is InChI=1S/C14H19N3O5S2/c1-17(2,3)9-10(8-13(18)19)16-24(20,21)14-5-4-12(23-14)11-6-7-15-22-11/h4-7,10,16H,8-9H2,1-3H3/p+1/t10-/m1/s1. The van der Waals surface area contributed by atoms with Gasteiger partial charge in [-0.3, -0.25) is 4.79 Å². The molecule has 10 heteroatoms. The van der Waals surface area contributed by atoms with Crippen LogP contribution >= 0.6 is 11.3 Å². The second-order valence-corrected chi connectivity index (χ2v) is 9.41. The summed E-state index contributed by atoms with van der Waals surface area (Å²) in [5, 5.41) is 12.6. The summed E-state index contributed by atoms with van der Waals surface area (Å²) in [4.78, 5) is 11.7. The molecule has 0 aliphatic heterocycles. The van der Waals surface area contributed by atoms with Gasteiger partial charge in [-0.2, -0.15) is 0 Å². The van der Waals surface area contributed by atoms with Gasteiger partial charge in [-0.25, -0.2) is 13.1 Å². The average molecular weight is 374 g/mol. The molecule has 2 aromatic rings. The minimum Gasteiger partial charge on any atom is -0.481 e. The summed E-state index contributed by atoms with van der Waals surface area (Å²) < 4.78 is 33.1. The molecule has 24 heavy (non-hydrogen) atoms. The third kappa shape index (κ3) is 5.13. The van der Waals surface area contributed by atoms with Crippen LogP contribution in [0.4, 0.5) is 0 Å². The molecule has 0 saturated carbocycles. The Bertz CT molecular complexity index is 791. The molecular formula is C14H20N3O5S2+. The lowest BCUT2D eigenvalue weighted by molar-refractivity contribution is -0.871. The molecule has 0 spiro atoms. The van der Waals surface area contributed by atoms with E-state index in [9.17, 15) is 13.2 Å². The highest BCUT2D eigenvalue weighted by Gasteiger charge is 2.28. The van der Waals surface area contributed by atoms with Gasteiger partial charge in [-0.1, -0.05) is 5.16 Å². The number of quaternary nitrogens is 1. The zero-order valence-electron chi connectivity index (χ0n) is 13.6. The van der Waals surface area contributed by atoms with Crippen molar-refractivity contribution in [3.05, 3.63) is 24.4 Å². The van der Waals surface area contributed by atoms with Gasteiger partial charge in [-0.05, 0) is 12.1 Å². The highest BCUT2D eigenvalue weighted by Crippen LogP contribution is 2.30. The number of carbonyl (C=O) groups is 1. The van der Waals surface area contributed by atoms with E-state index in [4.69, 9.17) is 9.63 Å². The predicted molar refractivity (Wildman–Crippen MR) is 89.1 cm³/mol. The van der Waals surface area contributed by atoms with Crippen LogP contribution in [-0.2, 0) is 14.8 Å². The maximum Gasteiger partial charge on any atom is 0.305 e. The third-order valence-electron chi connectivity index (χ3n) is 3.04. The van der Waals surface area contributed by atoms with Gasteiger partial charge in [0, 0.05) is 6.07 Å². The molecule has 2 aromatic heterocycles. The molecule has 0 aliphatic carbocycles. The molecule has 132 valence electrons. The van der Waals surface area contributed by atoms with Crippen LogP contribution in [0.2, 0.25) is 0 Å². The molecule has 0 aliphatic rings. The number of likely N-dealkylation sites (N-methyl/N-ethyl adjacent to an activating group) is 1. The Kier molecular flexibility index (Phi) is 5.43. The van der Waals surface area contributed by atoms with E-state index in [-0.39, 0.29) is 10.6 Å². The number of rotatable bonds is 8. The fraction of sp³-hybridized carbons (Fsp3) is 0.429. The zero-order chi connectivity index (χ0) is 18.0. The number of carboxylic acid groups (broad SMARTS) is 1. The molecule has 0 bridgehead atoms. The monoisotopic (exact) mass is 374 g/mol. The van der Waals surface area contributed by atoms with Gasteiger partial charge < -0.3 is 14.1 Å². The molecular weight excluding hydrogens is 354 g/mol. The van der Waals surface area contributed by atoms with Crippen LogP contribution in [0.15, 0.2) is 33.1 Å². The number of thiophene rings is 1. The number of sulfonamides is 1. The van der Waals surface area contributed by atoms with Gasteiger partial charge in [0.1, 0.15) is 4.21 Å². The van der Waals surface area contributed by atoms with Crippen LogP contribution in [0.25, 0.3) is 10.6 Å². The van der Waals surface area contributed by atoms with E-state index in [0.717, 1.165) is 11.3 Å². The number of aromatic nitrogens is 1. The van der Waals surface area contributed by atoms with E-state index in [1.165, 1.54) is 12.3 Å². The minimum atomic E-state index is -3.81. The van der Waals surface area contributed by atoms with Gasteiger partial charge in [0.05, 0.1) is 51.2 Å². The molecule has 0 amide bonds. The van der Waals surface area contributed by atoms with Gasteiger partial charge >= 0.3 is 5.97 Å². The fourth-order valence-corrected chi connectivity index (χ4v) is 4.74. The van der Waals surface area contributed by atoms with E-state index in [2.05, 4.69) is 9.88 Å². The Morgan fingerprint density at radius 1 is 1.38 bits per heavy atom. The van der Waals surface area contributed by atoms with E-state index >= 15 is 0 Å². The van der Waals surface area contributed by atoms with Crippen molar-refractivity contribution in [3.8, 4) is 10.6 Å². The summed E-state index contributed by atoms with van der Waals surface area (Å²) >= 11 is 1.04. The van der Waals surface area contributed by atoms with Gasteiger partial charge in [0.25, 0.3) is 10.0 Å². The molecule has 0 unspecified atom stereocenters. The first-order valence-corrected chi connectivity index (χ1v) is 9.42. The summed E-state index contributed by atoms with van der Waals surface area (Å²) in [5.41, 5.74) is 0. The summed E-state index contributed by atoms with van der Waals surface area (Å²) in [7, 11) is 1.80. The van der Waals surface area contributed by atoms with Crippen LogP contribution < -0.4 is 4.72 Å². The first-order valence-electron chi connectivity index (χ1n) is 7.12. The Morgan fingerprint density at radius 2 is 2.08 bits per heavy atom. The largest absolute Gasteiger partial charge is 0.481 e. The molecule has 2 heterocycles. The van der Waals surface area contributed by atoms with Crippen molar-refractivity contribution in [1.29, 1.82) is 0 Å². The molecule has 0 radical (unpaired) electrons. The lowest BCUT2D eigenvalue weighted by Crippen LogP contribution is -2.49. The highest BCUT2D eigenvalue weighted by atomic mass is 32.2. The maximum atomic E-state index is 12.5. The minimum absolute atomic E-state index is 0.102. The van der Waals surface area contributed by atoms with Crippen LogP contribution in [0.5, 0.6) is 0 Å². The Balaban J connectivity index is 2.20. The van der Waals surface area contributed by atoms with Crippen molar-refractivity contribution in [2.45, 2.75) is 16.7 Å². The van der Waals surface area contributed by atoms with Crippen LogP contribution in [0.3, 0.4) is 0 Å². The van der Waals surface area contributed by atoms with Gasteiger partial charge in [0.2, 0.25) is 0 Å². The Morgan fingerprint density at radius 3 is 2.62 bits per heavy atom.